The smallest absolute Gasteiger partial charge is 0.186 e. The number of aromatic amines is 1. The Morgan fingerprint density at radius 2 is 2.04 bits per heavy atom. The number of para-hydroxylation sites is 1. The van der Waals surface area contributed by atoms with Crippen LogP contribution >= 0.6 is 11.3 Å². The average molecular weight is 323 g/mol. The Bertz CT molecular complexity index is 947. The molecule has 1 aromatic carbocycles. The molecule has 4 aromatic rings. The summed E-state index contributed by atoms with van der Waals surface area (Å²) in [7, 11) is 0. The van der Waals surface area contributed by atoms with Crippen molar-refractivity contribution in [1.82, 2.24) is 20.2 Å². The number of hydrogen-bond acceptors (Lipinski definition) is 6. The van der Waals surface area contributed by atoms with Gasteiger partial charge in [0.25, 0.3) is 0 Å². The molecular weight excluding hydrogens is 310 g/mol. The largest absolute Gasteiger partial charge is 0.489 e. The zero-order valence-electron chi connectivity index (χ0n) is 12.1. The maximum Gasteiger partial charge on any atom is 0.186 e. The van der Waals surface area contributed by atoms with E-state index in [4.69, 9.17) is 10.5 Å². The van der Waals surface area contributed by atoms with Crippen molar-refractivity contribution in [2.45, 2.75) is 6.61 Å². The van der Waals surface area contributed by atoms with Gasteiger partial charge in [0.05, 0.1) is 16.0 Å². The number of benzene rings is 1. The van der Waals surface area contributed by atoms with Crippen LogP contribution in [0.15, 0.2) is 48.1 Å². The van der Waals surface area contributed by atoms with Crippen LogP contribution in [0, 0.1) is 0 Å². The van der Waals surface area contributed by atoms with Crippen molar-refractivity contribution in [3.8, 4) is 16.3 Å². The van der Waals surface area contributed by atoms with E-state index < -0.39 is 0 Å². The second kappa shape index (κ2) is 5.69. The van der Waals surface area contributed by atoms with Gasteiger partial charge < -0.3 is 10.5 Å². The first kappa shape index (κ1) is 13.7. The zero-order chi connectivity index (χ0) is 15.6. The van der Waals surface area contributed by atoms with Gasteiger partial charge in [0.2, 0.25) is 0 Å². The molecule has 0 saturated heterocycles. The van der Waals surface area contributed by atoms with Crippen LogP contribution in [0.3, 0.4) is 0 Å². The Morgan fingerprint density at radius 1 is 1.17 bits per heavy atom. The summed E-state index contributed by atoms with van der Waals surface area (Å²) in [4.78, 5) is 9.18. The molecule has 0 radical (unpaired) electrons. The summed E-state index contributed by atoms with van der Waals surface area (Å²) in [5, 5.41) is 9.99. The lowest BCUT2D eigenvalue weighted by atomic mass is 10.2. The fourth-order valence-corrected chi connectivity index (χ4v) is 3.22. The van der Waals surface area contributed by atoms with Crippen molar-refractivity contribution in [3.63, 3.8) is 0 Å². The van der Waals surface area contributed by atoms with E-state index in [-0.39, 0.29) is 0 Å². The highest BCUT2D eigenvalue weighted by Gasteiger charge is 2.14. The Hall–Kier alpha value is -2.93. The number of H-pyrrole nitrogens is 1. The summed E-state index contributed by atoms with van der Waals surface area (Å²) in [5.74, 6) is 1.28. The molecule has 3 aromatic heterocycles. The van der Waals surface area contributed by atoms with Crippen LogP contribution in [-0.2, 0) is 6.61 Å². The average Bonchev–Trinajstić information content (AvgIpc) is 3.21. The molecule has 0 saturated carbocycles. The van der Waals surface area contributed by atoms with Crippen molar-refractivity contribution >= 4 is 28.2 Å². The highest BCUT2D eigenvalue weighted by Crippen LogP contribution is 2.33. The number of aromatic nitrogens is 4. The monoisotopic (exact) mass is 323 g/mol. The number of nitrogen functional groups attached to an aromatic ring is 1. The number of hydrogen-bond donors (Lipinski definition) is 2. The molecule has 0 bridgehead atoms. The topological polar surface area (TPSA) is 89.7 Å². The molecule has 0 spiro atoms. The highest BCUT2D eigenvalue weighted by molar-refractivity contribution is 7.13. The van der Waals surface area contributed by atoms with Crippen molar-refractivity contribution in [2.24, 2.45) is 0 Å². The van der Waals surface area contributed by atoms with Crippen LogP contribution in [0.2, 0.25) is 0 Å². The minimum absolute atomic E-state index is 0.425. The second-order valence-corrected chi connectivity index (χ2v) is 5.89. The molecule has 0 aliphatic rings. The number of ether oxygens (including phenoxy) is 1. The number of anilines is 1. The molecule has 0 amide bonds. The van der Waals surface area contributed by atoms with E-state index in [1.54, 1.807) is 11.3 Å². The van der Waals surface area contributed by atoms with E-state index in [1.165, 1.54) is 6.33 Å². The van der Waals surface area contributed by atoms with Crippen LogP contribution in [0.25, 0.3) is 21.6 Å². The van der Waals surface area contributed by atoms with E-state index in [0.29, 0.717) is 18.1 Å². The van der Waals surface area contributed by atoms with Gasteiger partial charge in [0.1, 0.15) is 24.5 Å². The van der Waals surface area contributed by atoms with Crippen LogP contribution in [-0.4, -0.2) is 20.2 Å². The number of nitrogens with two attached hydrogens (primary N) is 1. The van der Waals surface area contributed by atoms with E-state index >= 15 is 0 Å². The lowest BCUT2D eigenvalue weighted by Crippen LogP contribution is -1.93. The third kappa shape index (κ3) is 2.62. The zero-order valence-corrected chi connectivity index (χ0v) is 12.9. The summed E-state index contributed by atoms with van der Waals surface area (Å²) >= 11 is 1.60. The molecule has 23 heavy (non-hydrogen) atoms. The second-order valence-electron chi connectivity index (χ2n) is 4.98. The van der Waals surface area contributed by atoms with Gasteiger partial charge in [-0.3, -0.25) is 5.10 Å². The molecule has 0 unspecified atom stereocenters. The summed E-state index contributed by atoms with van der Waals surface area (Å²) in [5.41, 5.74) is 8.45. The van der Waals surface area contributed by atoms with Gasteiger partial charge in [-0.2, -0.15) is 5.10 Å². The Labute approximate surface area is 136 Å². The third-order valence-corrected chi connectivity index (χ3v) is 4.43. The molecule has 0 aliphatic heterocycles. The molecular formula is C16H13N5OS. The number of fused-ring (bicyclic) bond motifs is 1. The standard InChI is InChI=1S/C16H13N5OS/c17-15-13-14(20-21-16(13)19-9-18-15)12-6-10(8-23-12)7-22-11-4-2-1-3-5-11/h1-6,8-9H,7H2,(H3,17,18,19,20,21). The quantitative estimate of drug-likeness (QED) is 0.602. The van der Waals surface area contributed by atoms with Crippen LogP contribution in [0.5, 0.6) is 5.75 Å². The summed E-state index contributed by atoms with van der Waals surface area (Å²) in [6.07, 6.45) is 1.41. The first-order valence-corrected chi connectivity index (χ1v) is 7.89. The van der Waals surface area contributed by atoms with Gasteiger partial charge in [0, 0.05) is 5.56 Å². The van der Waals surface area contributed by atoms with Crippen LogP contribution in [0.4, 0.5) is 5.82 Å². The molecule has 6 nitrogen and oxygen atoms in total. The maximum atomic E-state index is 5.95. The van der Waals surface area contributed by atoms with Crippen molar-refractivity contribution in [2.75, 3.05) is 5.73 Å². The van der Waals surface area contributed by atoms with E-state index in [9.17, 15) is 0 Å². The molecule has 0 atom stereocenters. The molecule has 114 valence electrons. The summed E-state index contributed by atoms with van der Waals surface area (Å²) < 4.78 is 5.77. The summed E-state index contributed by atoms with van der Waals surface area (Å²) in [6, 6.07) is 11.8. The third-order valence-electron chi connectivity index (χ3n) is 3.43. The fraction of sp³-hybridized carbons (Fsp3) is 0.0625. The Morgan fingerprint density at radius 3 is 2.91 bits per heavy atom. The van der Waals surface area contributed by atoms with E-state index in [2.05, 4.69) is 31.6 Å². The minimum Gasteiger partial charge on any atom is -0.489 e. The van der Waals surface area contributed by atoms with Gasteiger partial charge in [-0.15, -0.1) is 11.3 Å². The number of rotatable bonds is 4. The molecule has 3 N–H and O–H groups in total. The molecule has 7 heteroatoms. The Kier molecular flexibility index (Phi) is 3.39. The normalized spacial score (nSPS) is 11.0. The molecule has 4 rings (SSSR count). The predicted molar refractivity (Wildman–Crippen MR) is 90.2 cm³/mol. The summed E-state index contributed by atoms with van der Waals surface area (Å²) in [6.45, 7) is 0.512. The first-order chi connectivity index (χ1) is 11.3. The number of nitrogens with zero attached hydrogens (tertiary/aromatic N) is 3. The lowest BCUT2D eigenvalue weighted by molar-refractivity contribution is 0.307. The highest BCUT2D eigenvalue weighted by atomic mass is 32.1. The van der Waals surface area contributed by atoms with Crippen molar-refractivity contribution in [3.05, 3.63) is 53.7 Å². The van der Waals surface area contributed by atoms with Gasteiger partial charge in [0.15, 0.2) is 5.65 Å². The van der Waals surface area contributed by atoms with Gasteiger partial charge >= 0.3 is 0 Å². The number of nitrogens with one attached hydrogen (secondary N) is 1. The maximum absolute atomic E-state index is 5.95. The van der Waals surface area contributed by atoms with Crippen LogP contribution in [0.1, 0.15) is 5.56 Å². The lowest BCUT2D eigenvalue weighted by Gasteiger charge is -2.03. The van der Waals surface area contributed by atoms with E-state index in [1.807, 2.05) is 30.3 Å². The van der Waals surface area contributed by atoms with Crippen molar-refractivity contribution in [1.29, 1.82) is 0 Å². The Balaban J connectivity index is 1.60. The van der Waals surface area contributed by atoms with Gasteiger partial charge in [-0.05, 0) is 23.6 Å². The first-order valence-electron chi connectivity index (χ1n) is 7.01. The predicted octanol–water partition coefficient (Wildman–Crippen LogP) is 3.24. The fourth-order valence-electron chi connectivity index (χ4n) is 2.32. The molecule has 0 fully saturated rings. The number of thiophene rings is 1. The molecule has 0 aliphatic carbocycles. The van der Waals surface area contributed by atoms with Gasteiger partial charge in [-0.1, -0.05) is 18.2 Å². The molecule has 3 heterocycles. The minimum atomic E-state index is 0.425. The van der Waals surface area contributed by atoms with E-state index in [0.717, 1.165) is 27.3 Å². The van der Waals surface area contributed by atoms with Crippen molar-refractivity contribution < 1.29 is 4.74 Å². The SMILES string of the molecule is Nc1ncnc2n[nH]c(-c3cc(COc4ccccc4)cs3)c12. The van der Waals surface area contributed by atoms with Crippen LogP contribution < -0.4 is 10.5 Å². The van der Waals surface area contributed by atoms with Gasteiger partial charge in [-0.25, -0.2) is 9.97 Å².